The zero-order valence-electron chi connectivity index (χ0n) is 14.9. The molecule has 0 aromatic heterocycles. The highest BCUT2D eigenvalue weighted by molar-refractivity contribution is 7.91. The number of rotatable bonds is 2. The molecule has 0 saturated carbocycles. The number of para-hydroxylation sites is 1. The van der Waals surface area contributed by atoms with Crippen molar-refractivity contribution >= 4 is 21.8 Å². The fraction of sp³-hybridized carbons (Fsp3) is 0.286. The number of nitrogens with zero attached hydrogens (tertiary/aromatic N) is 1. The predicted molar refractivity (Wildman–Crippen MR) is 104 cm³/mol. The Labute approximate surface area is 159 Å². The Morgan fingerprint density at radius 1 is 1.00 bits per heavy atom. The molecule has 0 bridgehead atoms. The minimum atomic E-state index is -3.30. The molecule has 2 heterocycles. The number of amides is 1. The Bertz CT molecular complexity index is 982. The minimum Gasteiger partial charge on any atom is -0.488 e. The third-order valence-electron chi connectivity index (χ3n) is 5.11. The van der Waals surface area contributed by atoms with Gasteiger partial charge in [0.25, 0.3) is 5.91 Å². The van der Waals surface area contributed by atoms with Gasteiger partial charge >= 0.3 is 0 Å². The zero-order valence-corrected chi connectivity index (χ0v) is 15.7. The van der Waals surface area contributed by atoms with Crippen molar-refractivity contribution in [1.82, 2.24) is 4.90 Å². The molecule has 6 heteroatoms. The van der Waals surface area contributed by atoms with Crippen LogP contribution in [0.3, 0.4) is 0 Å². The van der Waals surface area contributed by atoms with Gasteiger partial charge in [-0.1, -0.05) is 48.5 Å². The van der Waals surface area contributed by atoms with Crippen molar-refractivity contribution in [3.63, 3.8) is 0 Å². The molecule has 5 nitrogen and oxygen atoms in total. The molecule has 2 aliphatic rings. The Kier molecular flexibility index (Phi) is 4.74. The number of ether oxygens (including phenoxy) is 1. The maximum Gasteiger partial charge on any atom is 0.253 e. The second kappa shape index (κ2) is 7.19. The van der Waals surface area contributed by atoms with Gasteiger partial charge < -0.3 is 9.64 Å². The first-order chi connectivity index (χ1) is 13.0. The van der Waals surface area contributed by atoms with E-state index in [0.29, 0.717) is 18.5 Å². The van der Waals surface area contributed by atoms with Crippen LogP contribution in [0.5, 0.6) is 5.75 Å². The summed E-state index contributed by atoms with van der Waals surface area (Å²) in [6.07, 6.45) is 2.25. The van der Waals surface area contributed by atoms with Gasteiger partial charge in [0.1, 0.15) is 12.4 Å². The van der Waals surface area contributed by atoms with E-state index in [9.17, 15) is 13.2 Å². The number of sulfone groups is 1. The standard InChI is InChI=1S/C21H21NO4S/c23-21(18-14-17-8-4-5-9-19(17)26-15-18)22-11-10-20(27(24,25)13-12-22)16-6-2-1-3-7-16/h1-9,14,20H,10-13,15H2/t20-/m1/s1. The van der Waals surface area contributed by atoms with Gasteiger partial charge in [-0.3, -0.25) is 4.79 Å². The molecular weight excluding hydrogens is 362 g/mol. The Morgan fingerprint density at radius 3 is 2.56 bits per heavy atom. The van der Waals surface area contributed by atoms with Crippen molar-refractivity contribution in [2.75, 3.05) is 25.4 Å². The van der Waals surface area contributed by atoms with Crippen LogP contribution in [0.25, 0.3) is 6.08 Å². The lowest BCUT2D eigenvalue weighted by Gasteiger charge is -2.24. The normalized spacial score (nSPS) is 21.4. The van der Waals surface area contributed by atoms with E-state index in [1.165, 1.54) is 0 Å². The van der Waals surface area contributed by atoms with E-state index in [1.807, 2.05) is 60.7 Å². The van der Waals surface area contributed by atoms with Crippen LogP contribution in [0.15, 0.2) is 60.2 Å². The van der Waals surface area contributed by atoms with Gasteiger partial charge in [-0.25, -0.2) is 8.42 Å². The molecule has 2 aliphatic heterocycles. The number of hydrogen-bond donors (Lipinski definition) is 0. The van der Waals surface area contributed by atoms with E-state index in [0.717, 1.165) is 16.9 Å². The smallest absolute Gasteiger partial charge is 0.253 e. The summed E-state index contributed by atoms with van der Waals surface area (Å²) < 4.78 is 31.1. The fourth-order valence-electron chi connectivity index (χ4n) is 3.63. The Hall–Kier alpha value is -2.60. The van der Waals surface area contributed by atoms with Crippen molar-refractivity contribution in [3.8, 4) is 5.75 Å². The van der Waals surface area contributed by atoms with E-state index in [4.69, 9.17) is 4.74 Å². The highest BCUT2D eigenvalue weighted by atomic mass is 32.2. The van der Waals surface area contributed by atoms with Crippen LogP contribution < -0.4 is 4.74 Å². The van der Waals surface area contributed by atoms with Gasteiger partial charge in [-0.05, 0) is 24.1 Å². The first kappa shape index (κ1) is 17.8. The van der Waals surface area contributed by atoms with Crippen molar-refractivity contribution in [2.45, 2.75) is 11.7 Å². The molecule has 0 radical (unpaired) electrons. The zero-order chi connectivity index (χ0) is 18.9. The molecule has 4 rings (SSSR count). The molecule has 0 aliphatic carbocycles. The molecule has 2 aromatic carbocycles. The largest absolute Gasteiger partial charge is 0.488 e. The summed E-state index contributed by atoms with van der Waals surface area (Å²) in [5.41, 5.74) is 2.22. The average molecular weight is 383 g/mol. The summed E-state index contributed by atoms with van der Waals surface area (Å²) in [4.78, 5) is 14.6. The van der Waals surface area contributed by atoms with Gasteiger partial charge in [-0.2, -0.15) is 0 Å². The van der Waals surface area contributed by atoms with Crippen LogP contribution in [-0.2, 0) is 14.6 Å². The molecule has 0 unspecified atom stereocenters. The number of benzene rings is 2. The predicted octanol–water partition coefficient (Wildman–Crippen LogP) is 2.85. The van der Waals surface area contributed by atoms with Crippen LogP contribution in [0, 0.1) is 0 Å². The number of carbonyl (C=O) groups excluding carboxylic acids is 1. The summed E-state index contributed by atoms with van der Waals surface area (Å²) in [6.45, 7) is 0.835. The number of carbonyl (C=O) groups is 1. The van der Waals surface area contributed by atoms with E-state index in [1.54, 1.807) is 4.90 Å². The Balaban J connectivity index is 1.55. The first-order valence-corrected chi connectivity index (χ1v) is 10.7. The molecule has 0 N–H and O–H groups in total. The van der Waals surface area contributed by atoms with Crippen molar-refractivity contribution in [1.29, 1.82) is 0 Å². The molecule has 2 aromatic rings. The third kappa shape index (κ3) is 3.62. The third-order valence-corrected chi connectivity index (χ3v) is 7.23. The highest BCUT2D eigenvalue weighted by Crippen LogP contribution is 2.31. The van der Waals surface area contributed by atoms with Gasteiger partial charge in [0.15, 0.2) is 9.84 Å². The lowest BCUT2D eigenvalue weighted by molar-refractivity contribution is -0.127. The molecule has 1 amide bonds. The van der Waals surface area contributed by atoms with Gasteiger partial charge in [0.2, 0.25) is 0 Å². The van der Waals surface area contributed by atoms with Crippen LogP contribution in [-0.4, -0.2) is 44.7 Å². The average Bonchev–Trinajstić information content (AvgIpc) is 2.85. The van der Waals surface area contributed by atoms with Gasteiger partial charge in [-0.15, -0.1) is 0 Å². The molecular formula is C21H21NO4S. The summed E-state index contributed by atoms with van der Waals surface area (Å²) in [6, 6.07) is 16.8. The molecule has 27 heavy (non-hydrogen) atoms. The Morgan fingerprint density at radius 2 is 1.74 bits per heavy atom. The second-order valence-electron chi connectivity index (χ2n) is 6.84. The second-order valence-corrected chi connectivity index (χ2v) is 9.15. The van der Waals surface area contributed by atoms with E-state index in [-0.39, 0.29) is 24.8 Å². The number of hydrogen-bond acceptors (Lipinski definition) is 4. The van der Waals surface area contributed by atoms with Crippen LogP contribution in [0.4, 0.5) is 0 Å². The minimum absolute atomic E-state index is 0.0248. The number of fused-ring (bicyclic) bond motifs is 1. The highest BCUT2D eigenvalue weighted by Gasteiger charge is 2.33. The molecule has 140 valence electrons. The van der Waals surface area contributed by atoms with Crippen LogP contribution in [0.1, 0.15) is 22.8 Å². The SMILES string of the molecule is O=C(C1=Cc2ccccc2OC1)N1CC[C@H](c2ccccc2)S(=O)(=O)CC1. The van der Waals surface area contributed by atoms with E-state index < -0.39 is 15.1 Å². The van der Waals surface area contributed by atoms with Gasteiger partial charge in [0, 0.05) is 18.7 Å². The molecule has 1 atom stereocenters. The lowest BCUT2D eigenvalue weighted by atomic mass is 10.1. The van der Waals surface area contributed by atoms with Gasteiger partial charge in [0.05, 0.1) is 16.6 Å². The quantitative estimate of drug-likeness (QED) is 0.800. The maximum absolute atomic E-state index is 13.0. The van der Waals surface area contributed by atoms with Crippen molar-refractivity contribution in [3.05, 3.63) is 71.3 Å². The monoisotopic (exact) mass is 383 g/mol. The summed E-state index contributed by atoms with van der Waals surface area (Å²) in [7, 11) is -3.30. The van der Waals surface area contributed by atoms with Crippen LogP contribution in [0.2, 0.25) is 0 Å². The maximum atomic E-state index is 13.0. The molecule has 1 saturated heterocycles. The molecule has 0 spiro atoms. The summed E-state index contributed by atoms with van der Waals surface area (Å²) in [5, 5.41) is -0.561. The molecule has 1 fully saturated rings. The first-order valence-electron chi connectivity index (χ1n) is 9.03. The summed E-state index contributed by atoms with van der Waals surface area (Å²) >= 11 is 0. The van der Waals surface area contributed by atoms with Crippen molar-refractivity contribution < 1.29 is 17.9 Å². The van der Waals surface area contributed by atoms with E-state index >= 15 is 0 Å². The van der Waals surface area contributed by atoms with Crippen LogP contribution >= 0.6 is 0 Å². The fourth-order valence-corrected chi connectivity index (χ4v) is 5.43. The van der Waals surface area contributed by atoms with E-state index in [2.05, 4.69) is 0 Å². The summed E-state index contributed by atoms with van der Waals surface area (Å²) in [5.74, 6) is 0.591. The van der Waals surface area contributed by atoms with Crippen molar-refractivity contribution in [2.24, 2.45) is 0 Å². The lowest BCUT2D eigenvalue weighted by Crippen LogP contribution is -2.36. The topological polar surface area (TPSA) is 63.7 Å².